The van der Waals surface area contributed by atoms with Gasteiger partial charge in [-0.15, -0.1) is 0 Å². The molecular formula is C19H25N4O2+. The minimum absolute atomic E-state index is 0.372. The third kappa shape index (κ3) is 3.15. The summed E-state index contributed by atoms with van der Waals surface area (Å²) in [5.74, 6) is 1.23. The van der Waals surface area contributed by atoms with Crippen LogP contribution in [0.25, 0.3) is 11.0 Å². The standard InChI is InChI=1S/C19H24N4O2/c20-19-22(12-11-21-9-3-4-10-21)15-6-1-2-7-16(15)23(19)14-17(24)18-8-5-13-25-18/h1-2,5-8,13,17,20,24H,3-4,9-12,14H2/p+1/t17-/m0/s1. The number of aliphatic hydroxyl groups is 1. The molecule has 3 N–H and O–H groups in total. The van der Waals surface area contributed by atoms with Gasteiger partial charge in [0.15, 0.2) is 0 Å². The largest absolute Gasteiger partial charge is 0.466 e. The van der Waals surface area contributed by atoms with Crippen LogP contribution in [0, 0.1) is 0 Å². The lowest BCUT2D eigenvalue weighted by molar-refractivity contribution is -0.666. The van der Waals surface area contributed by atoms with Crippen LogP contribution in [-0.4, -0.2) is 34.2 Å². The Labute approximate surface area is 147 Å². The first-order chi connectivity index (χ1) is 12.2. The van der Waals surface area contributed by atoms with Gasteiger partial charge in [0.25, 0.3) is 0 Å². The van der Waals surface area contributed by atoms with Crippen molar-refractivity contribution >= 4 is 17.0 Å². The zero-order valence-corrected chi connectivity index (χ0v) is 14.3. The summed E-state index contributed by atoms with van der Waals surface area (Å²) in [6.07, 6.45) is 3.43. The molecule has 1 aliphatic rings. The molecule has 0 unspecified atom stereocenters. The van der Waals surface area contributed by atoms with Gasteiger partial charge < -0.3 is 14.4 Å². The third-order valence-corrected chi connectivity index (χ3v) is 5.08. The Bertz CT molecular complexity index is 835. The molecule has 4 rings (SSSR count). The van der Waals surface area contributed by atoms with Gasteiger partial charge in [0.1, 0.15) is 29.4 Å². The van der Waals surface area contributed by atoms with E-state index in [1.807, 2.05) is 22.8 Å². The maximum absolute atomic E-state index is 10.5. The molecule has 0 amide bonds. The molecule has 25 heavy (non-hydrogen) atoms. The van der Waals surface area contributed by atoms with Crippen LogP contribution in [0.15, 0.2) is 47.1 Å². The van der Waals surface area contributed by atoms with Crippen molar-refractivity contribution in [3.8, 4) is 0 Å². The molecular weight excluding hydrogens is 316 g/mol. The molecule has 6 heteroatoms. The van der Waals surface area contributed by atoms with Crippen molar-refractivity contribution in [2.45, 2.75) is 32.0 Å². The highest BCUT2D eigenvalue weighted by Gasteiger charge is 2.24. The summed E-state index contributed by atoms with van der Waals surface area (Å²) in [7, 11) is 0. The number of hydrogen-bond donors (Lipinski definition) is 2. The number of fused-ring (bicyclic) bond motifs is 1. The Morgan fingerprint density at radius 2 is 1.92 bits per heavy atom. The van der Waals surface area contributed by atoms with E-state index in [0.717, 1.165) is 24.1 Å². The number of benzene rings is 1. The minimum Gasteiger partial charge on any atom is -0.466 e. The summed E-state index contributed by atoms with van der Waals surface area (Å²) in [5, 5.41) is 10.5. The number of furan rings is 1. The second kappa shape index (κ2) is 6.90. The average molecular weight is 341 g/mol. The van der Waals surface area contributed by atoms with Gasteiger partial charge in [-0.25, -0.2) is 9.13 Å². The van der Waals surface area contributed by atoms with Gasteiger partial charge >= 0.3 is 5.95 Å². The molecule has 0 spiro atoms. The van der Waals surface area contributed by atoms with Crippen molar-refractivity contribution in [1.82, 2.24) is 9.47 Å². The number of nitrogens with two attached hydrogens (primary N) is 1. The van der Waals surface area contributed by atoms with Gasteiger partial charge in [0.05, 0.1) is 12.8 Å². The first-order valence-corrected chi connectivity index (χ1v) is 8.94. The van der Waals surface area contributed by atoms with Crippen molar-refractivity contribution in [1.29, 1.82) is 0 Å². The third-order valence-electron chi connectivity index (χ3n) is 5.08. The lowest BCUT2D eigenvalue weighted by Gasteiger charge is -2.13. The number of nitrogen functional groups attached to an aromatic ring is 1. The number of hydrogen-bond acceptors (Lipinski definition) is 4. The van der Waals surface area contributed by atoms with Crippen molar-refractivity contribution in [2.24, 2.45) is 0 Å². The lowest BCUT2D eigenvalue weighted by atomic mass is 10.2. The fraction of sp³-hybridized carbons (Fsp3) is 0.421. The summed E-state index contributed by atoms with van der Waals surface area (Å²) in [4.78, 5) is 2.48. The molecule has 132 valence electrons. The van der Waals surface area contributed by atoms with Crippen LogP contribution in [0.3, 0.4) is 0 Å². The minimum atomic E-state index is -0.722. The molecule has 1 fully saturated rings. The fourth-order valence-electron chi connectivity index (χ4n) is 3.73. The highest BCUT2D eigenvalue weighted by Crippen LogP contribution is 2.20. The molecule has 1 atom stereocenters. The quantitative estimate of drug-likeness (QED) is 0.672. The number of anilines is 1. The number of rotatable bonds is 6. The van der Waals surface area contributed by atoms with Crippen molar-refractivity contribution in [2.75, 3.05) is 25.4 Å². The van der Waals surface area contributed by atoms with Gasteiger partial charge in [-0.2, -0.15) is 0 Å². The van der Waals surface area contributed by atoms with Crippen molar-refractivity contribution in [3.63, 3.8) is 0 Å². The predicted octanol–water partition coefficient (Wildman–Crippen LogP) is 1.93. The van der Waals surface area contributed by atoms with Gasteiger partial charge in [0.2, 0.25) is 0 Å². The second-order valence-electron chi connectivity index (χ2n) is 6.69. The number of aromatic nitrogens is 2. The van der Waals surface area contributed by atoms with Crippen LogP contribution < -0.4 is 10.3 Å². The second-order valence-corrected chi connectivity index (χ2v) is 6.69. The zero-order chi connectivity index (χ0) is 17.2. The van der Waals surface area contributed by atoms with Crippen LogP contribution in [0.5, 0.6) is 0 Å². The van der Waals surface area contributed by atoms with Crippen LogP contribution >= 0.6 is 0 Å². The van der Waals surface area contributed by atoms with Gasteiger partial charge in [-0.3, -0.25) is 5.73 Å². The Morgan fingerprint density at radius 1 is 1.12 bits per heavy atom. The number of nitrogens with zero attached hydrogens (tertiary/aromatic N) is 3. The average Bonchev–Trinajstić information content (AvgIpc) is 3.36. The van der Waals surface area contributed by atoms with Crippen LogP contribution in [0.1, 0.15) is 24.7 Å². The highest BCUT2D eigenvalue weighted by molar-refractivity contribution is 5.73. The summed E-state index contributed by atoms with van der Waals surface area (Å²) in [5.41, 5.74) is 8.61. The maximum Gasteiger partial charge on any atom is 0.356 e. The van der Waals surface area contributed by atoms with E-state index in [9.17, 15) is 5.11 Å². The molecule has 0 bridgehead atoms. The van der Waals surface area contributed by atoms with Crippen LogP contribution in [0.2, 0.25) is 0 Å². The highest BCUT2D eigenvalue weighted by atomic mass is 16.4. The molecule has 1 aliphatic heterocycles. The Hall–Kier alpha value is -2.31. The molecule has 0 aliphatic carbocycles. The van der Waals surface area contributed by atoms with E-state index in [2.05, 4.69) is 15.5 Å². The molecule has 1 aromatic carbocycles. The van der Waals surface area contributed by atoms with E-state index in [1.54, 1.807) is 18.4 Å². The first-order valence-electron chi connectivity index (χ1n) is 8.94. The summed E-state index contributed by atoms with van der Waals surface area (Å²) >= 11 is 0. The van der Waals surface area contributed by atoms with Gasteiger partial charge in [-0.05, 0) is 50.2 Å². The van der Waals surface area contributed by atoms with Gasteiger partial charge in [-0.1, -0.05) is 12.1 Å². The topological polar surface area (TPSA) is 71.4 Å². The smallest absolute Gasteiger partial charge is 0.356 e. The molecule has 0 saturated carbocycles. The van der Waals surface area contributed by atoms with Crippen LogP contribution in [0.4, 0.5) is 5.95 Å². The first kappa shape index (κ1) is 16.2. The van der Waals surface area contributed by atoms with E-state index in [-0.39, 0.29) is 0 Å². The maximum atomic E-state index is 10.5. The van der Waals surface area contributed by atoms with E-state index in [0.29, 0.717) is 18.3 Å². The molecule has 3 aromatic rings. The van der Waals surface area contributed by atoms with E-state index in [4.69, 9.17) is 10.2 Å². The summed E-state index contributed by atoms with van der Waals surface area (Å²) in [6, 6.07) is 11.7. The van der Waals surface area contributed by atoms with E-state index in [1.165, 1.54) is 25.9 Å². The molecule has 2 aromatic heterocycles. The number of likely N-dealkylation sites (tertiary alicyclic amines) is 1. The summed E-state index contributed by atoms with van der Waals surface area (Å²) in [6.45, 7) is 4.59. The molecule has 1 saturated heterocycles. The number of imidazole rings is 1. The molecule has 6 nitrogen and oxygen atoms in total. The van der Waals surface area contributed by atoms with E-state index < -0.39 is 6.10 Å². The van der Waals surface area contributed by atoms with Crippen LogP contribution in [-0.2, 0) is 13.1 Å². The normalized spacial score (nSPS) is 16.7. The molecule has 0 radical (unpaired) electrons. The monoisotopic (exact) mass is 341 g/mol. The van der Waals surface area contributed by atoms with Gasteiger partial charge in [0, 0.05) is 6.54 Å². The Kier molecular flexibility index (Phi) is 4.46. The number of aliphatic hydroxyl groups excluding tert-OH is 1. The predicted molar refractivity (Wildman–Crippen MR) is 95.9 cm³/mol. The summed E-state index contributed by atoms with van der Waals surface area (Å²) < 4.78 is 9.46. The Morgan fingerprint density at radius 3 is 2.68 bits per heavy atom. The van der Waals surface area contributed by atoms with Crippen molar-refractivity contribution in [3.05, 3.63) is 48.4 Å². The van der Waals surface area contributed by atoms with Crippen molar-refractivity contribution < 1.29 is 14.1 Å². The fourth-order valence-corrected chi connectivity index (χ4v) is 3.73. The lowest BCUT2D eigenvalue weighted by Crippen LogP contribution is -2.39. The zero-order valence-electron chi connectivity index (χ0n) is 14.3. The SMILES string of the molecule is Nc1n(CCN2CCCC2)c2ccccc2[n+]1C[C@H](O)c1ccco1. The molecule has 3 heterocycles. The Balaban J connectivity index is 1.63. The number of para-hydroxylation sites is 2. The van der Waals surface area contributed by atoms with E-state index >= 15 is 0 Å².